The molecule has 0 aromatic carbocycles. The minimum atomic E-state index is -4.64. The SMILES string of the molecule is N.NC(N)=O.O.O.O=P(O)(O)O.[O-2].[O-2].[OH-].[V]. The third-order valence-electron chi connectivity index (χ3n) is 0. The largest absolute Gasteiger partial charge is 2.00 e. The van der Waals surface area contributed by atoms with Gasteiger partial charge >= 0.3 is 13.9 Å². The summed E-state index contributed by atoms with van der Waals surface area (Å²) in [4.78, 5) is 30.6. The van der Waals surface area contributed by atoms with Crippen molar-refractivity contribution in [2.45, 2.75) is 0 Å². The number of urea groups is 1. The van der Waals surface area contributed by atoms with Gasteiger partial charge < -0.3 is 59.7 Å². The molecule has 0 atom stereocenters. The van der Waals surface area contributed by atoms with Gasteiger partial charge in [-0.05, 0) is 0 Å². The van der Waals surface area contributed by atoms with Gasteiger partial charge in [0.2, 0.25) is 0 Å². The number of nitrogens with two attached hydrogens (primary N) is 2. The van der Waals surface area contributed by atoms with Gasteiger partial charge in [0.15, 0.2) is 0 Å². The molecule has 15 heteroatoms. The molecule has 1 radical (unpaired) electrons. The fourth-order valence-electron chi connectivity index (χ4n) is 0. The van der Waals surface area contributed by atoms with Crippen LogP contribution in [0.15, 0.2) is 0 Å². The van der Waals surface area contributed by atoms with Gasteiger partial charge in [-0.25, -0.2) is 9.36 Å². The van der Waals surface area contributed by atoms with Gasteiger partial charge in [-0.3, -0.25) is 0 Å². The van der Waals surface area contributed by atoms with Gasteiger partial charge in [-0.2, -0.15) is 0 Å². The van der Waals surface area contributed by atoms with Crippen molar-refractivity contribution in [1.82, 2.24) is 6.15 Å². The van der Waals surface area contributed by atoms with E-state index in [1.165, 1.54) is 0 Å². The molecule has 0 saturated heterocycles. The topological polar surface area (TPSA) is 332 Å². The Kier molecular flexibility index (Phi) is 172. The van der Waals surface area contributed by atoms with Crippen molar-refractivity contribution in [2.75, 3.05) is 0 Å². The molecule has 2 amide bonds. The van der Waals surface area contributed by atoms with E-state index < -0.39 is 13.9 Å². The second-order valence-corrected chi connectivity index (χ2v) is 1.94. The van der Waals surface area contributed by atoms with Crippen molar-refractivity contribution in [3.8, 4) is 0 Å². The van der Waals surface area contributed by atoms with E-state index in [2.05, 4.69) is 11.5 Å². The predicted octanol–water partition coefficient (Wildman–Crippen LogP) is -3.81. The van der Waals surface area contributed by atoms with E-state index in [1.54, 1.807) is 0 Å². The maximum absolute atomic E-state index is 9.00. The van der Waals surface area contributed by atoms with Gasteiger partial charge in [0, 0.05) is 18.6 Å². The number of amides is 2. The molecule has 0 bridgehead atoms. The van der Waals surface area contributed by atoms with Crippen LogP contribution in [0.2, 0.25) is 0 Å². The summed E-state index contributed by atoms with van der Waals surface area (Å²) in [5.41, 5.74) is 8.50. The van der Waals surface area contributed by atoms with Crippen molar-refractivity contribution in [3.05, 3.63) is 0 Å². The van der Waals surface area contributed by atoms with Crippen LogP contribution < -0.4 is 17.6 Å². The Morgan fingerprint density at radius 1 is 1.00 bits per heavy atom. The Bertz CT molecular complexity index is 126. The van der Waals surface area contributed by atoms with Gasteiger partial charge in [-0.15, -0.1) is 0 Å². The van der Waals surface area contributed by atoms with Crippen LogP contribution >= 0.6 is 7.82 Å². The molecule has 0 saturated carbocycles. The van der Waals surface area contributed by atoms with Crippen LogP contribution in [-0.4, -0.2) is 37.1 Å². The molecule has 0 rings (SSSR count). The number of carbonyl (C=O) groups is 1. The summed E-state index contributed by atoms with van der Waals surface area (Å²) in [5.74, 6) is 0. The average molecular weight is 311 g/mol. The molecular formula is CH15N3O10PV-5. The molecule has 13 nitrogen and oxygen atoms in total. The summed E-state index contributed by atoms with van der Waals surface area (Å²) in [5, 5.41) is 0. The maximum atomic E-state index is 9.00. The van der Waals surface area contributed by atoms with Crippen LogP contribution in [0, 0.1) is 0 Å². The molecule has 0 fully saturated rings. The molecule has 0 aromatic heterocycles. The van der Waals surface area contributed by atoms with Crippen LogP contribution in [0.1, 0.15) is 0 Å². The van der Waals surface area contributed by atoms with E-state index in [1.807, 2.05) is 0 Å². The van der Waals surface area contributed by atoms with E-state index in [4.69, 9.17) is 24.0 Å². The summed E-state index contributed by atoms with van der Waals surface area (Å²) >= 11 is 0. The summed E-state index contributed by atoms with van der Waals surface area (Å²) in [6.07, 6.45) is 0. The Morgan fingerprint density at radius 3 is 1.00 bits per heavy atom. The van der Waals surface area contributed by atoms with Crippen molar-refractivity contribution in [1.29, 1.82) is 0 Å². The fraction of sp³-hybridized carbons (Fsp3) is 0. The van der Waals surface area contributed by atoms with Crippen molar-refractivity contribution < 1.29 is 70.0 Å². The first-order chi connectivity index (χ1) is 3.73. The average Bonchev–Trinajstić information content (AvgIpc) is 1.19. The van der Waals surface area contributed by atoms with Gasteiger partial charge in [0.05, 0.1) is 0 Å². The van der Waals surface area contributed by atoms with E-state index in [0.717, 1.165) is 0 Å². The summed E-state index contributed by atoms with van der Waals surface area (Å²) in [6.45, 7) is 0. The quantitative estimate of drug-likeness (QED) is 0.241. The number of hydrogen-bond donors (Lipinski definition) is 6. The zero-order valence-corrected chi connectivity index (χ0v) is 9.97. The molecule has 109 valence electrons. The zero-order chi connectivity index (χ0) is 8.08. The molecule has 15 N–H and O–H groups in total. The van der Waals surface area contributed by atoms with Crippen LogP contribution in [0.25, 0.3) is 0 Å². The molecule has 0 aliphatic carbocycles. The Balaban J connectivity index is -0.00000000614. The first-order valence-corrected chi connectivity index (χ1v) is 3.13. The third-order valence-corrected chi connectivity index (χ3v) is 0. The van der Waals surface area contributed by atoms with Crippen LogP contribution in [0.5, 0.6) is 0 Å². The van der Waals surface area contributed by atoms with Crippen LogP contribution in [0.4, 0.5) is 4.79 Å². The molecule has 0 spiro atoms. The van der Waals surface area contributed by atoms with E-state index in [0.29, 0.717) is 0 Å². The smallest absolute Gasteiger partial charge is 0.466 e. The molecule has 0 aliphatic heterocycles. The second kappa shape index (κ2) is 36.4. The molecule has 0 unspecified atom stereocenters. The Morgan fingerprint density at radius 2 is 1.00 bits per heavy atom. The maximum Gasteiger partial charge on any atom is 0.466 e. The van der Waals surface area contributed by atoms with Crippen molar-refractivity contribution >= 4 is 13.9 Å². The predicted molar refractivity (Wildman–Crippen MR) is 43.6 cm³/mol. The number of primary amides is 2. The zero-order valence-electron chi connectivity index (χ0n) is 7.68. The van der Waals surface area contributed by atoms with E-state index in [-0.39, 0.29) is 52.1 Å². The Labute approximate surface area is 102 Å². The van der Waals surface area contributed by atoms with Crippen LogP contribution in [-0.2, 0) is 34.1 Å². The molecule has 16 heavy (non-hydrogen) atoms. The number of carbonyl (C=O) groups excluding carboxylic acids is 1. The number of rotatable bonds is 0. The molecule has 0 aliphatic rings. The first kappa shape index (κ1) is 75.4. The third kappa shape index (κ3) is 29300. The summed E-state index contributed by atoms with van der Waals surface area (Å²) in [6, 6.07) is -0.833. The van der Waals surface area contributed by atoms with Gasteiger partial charge in [-0.1, -0.05) is 0 Å². The van der Waals surface area contributed by atoms with E-state index >= 15 is 0 Å². The Hall–Kier alpha value is -0.276. The van der Waals surface area contributed by atoms with Crippen molar-refractivity contribution in [3.63, 3.8) is 0 Å². The van der Waals surface area contributed by atoms with E-state index in [9.17, 15) is 0 Å². The molecule has 0 aromatic rings. The molecular weight excluding hydrogens is 296 g/mol. The normalized spacial score (nSPS) is 5.19. The standard InChI is InChI=1S/CH4N2O.H3N.H3O4P.3H2O.2O.V/c2-1(3)4;;1-5(2,3)4;;;;;;/h(H4,2,3,4);1H3;(H3,1,2,3,4);3*1H2;;;/q;;;;;;2*-2;/p-1. The summed E-state index contributed by atoms with van der Waals surface area (Å²) < 4.78 is 8.88. The fourth-order valence-corrected chi connectivity index (χ4v) is 0. The monoisotopic (exact) mass is 311 g/mol. The number of phosphoric acid groups is 1. The minimum Gasteiger partial charge on any atom is -2.00 e. The van der Waals surface area contributed by atoms with Crippen molar-refractivity contribution in [2.24, 2.45) is 11.5 Å². The summed E-state index contributed by atoms with van der Waals surface area (Å²) in [7, 11) is -4.64. The minimum absolute atomic E-state index is 0. The van der Waals surface area contributed by atoms with Crippen LogP contribution in [0.3, 0.4) is 0 Å². The molecule has 0 heterocycles. The second-order valence-electron chi connectivity index (χ2n) is 0.916. The van der Waals surface area contributed by atoms with Gasteiger partial charge in [0.25, 0.3) is 0 Å². The first-order valence-electron chi connectivity index (χ1n) is 1.56. The number of hydrogen-bond acceptors (Lipinski definition) is 4. The van der Waals surface area contributed by atoms with Gasteiger partial charge in [0.1, 0.15) is 0 Å².